The Morgan fingerprint density at radius 1 is 1.16 bits per heavy atom. The maximum Gasteiger partial charge on any atom is 0.348 e. The molecule has 0 saturated heterocycles. The summed E-state index contributed by atoms with van der Waals surface area (Å²) >= 11 is 2.92. The Kier molecular flexibility index (Phi) is 9.25. The number of thioether (sulfide) groups is 1. The third kappa shape index (κ3) is 7.20. The summed E-state index contributed by atoms with van der Waals surface area (Å²) in [7, 11) is 1.95. The largest absolute Gasteiger partial charge is 0.477 e. The predicted molar refractivity (Wildman–Crippen MR) is 154 cm³/mol. The standard InChI is InChI=1S/C29H40N4O3S2/c1-19-6-10-21(11-7-19)26(34)33(24-16-23(14-15-29(2,3)4)38-25(24)27(35)36)22-12-8-20(9-13-22)17-37-28-31-30-18-32(28)5/h16,18-22H,6-13,17H2,1-5H3,(H,35,36). The number of carboxylic acids is 1. The quantitative estimate of drug-likeness (QED) is 0.310. The highest BCUT2D eigenvalue weighted by molar-refractivity contribution is 7.99. The van der Waals surface area contributed by atoms with Gasteiger partial charge in [-0.2, -0.15) is 0 Å². The molecule has 2 saturated carbocycles. The number of carboxylic acid groups (broad SMARTS) is 1. The molecule has 7 nitrogen and oxygen atoms in total. The lowest BCUT2D eigenvalue weighted by atomic mass is 9.81. The van der Waals surface area contributed by atoms with Crippen LogP contribution in [0.5, 0.6) is 0 Å². The first-order valence-corrected chi connectivity index (χ1v) is 15.5. The van der Waals surface area contributed by atoms with Gasteiger partial charge in [0.05, 0.1) is 10.6 Å². The molecule has 38 heavy (non-hydrogen) atoms. The van der Waals surface area contributed by atoms with Crippen LogP contribution in [-0.2, 0) is 11.8 Å². The summed E-state index contributed by atoms with van der Waals surface area (Å²) in [6.07, 6.45) is 9.33. The van der Waals surface area contributed by atoms with E-state index in [1.807, 2.05) is 43.4 Å². The summed E-state index contributed by atoms with van der Waals surface area (Å²) in [6, 6.07) is 1.86. The lowest BCUT2D eigenvalue weighted by Crippen LogP contribution is -2.46. The first-order valence-electron chi connectivity index (χ1n) is 13.7. The summed E-state index contributed by atoms with van der Waals surface area (Å²) in [6.45, 7) is 8.36. The molecule has 0 bridgehead atoms. The molecular weight excluding hydrogens is 516 g/mol. The van der Waals surface area contributed by atoms with E-state index in [4.69, 9.17) is 0 Å². The van der Waals surface area contributed by atoms with E-state index in [1.165, 1.54) is 11.3 Å². The molecule has 206 valence electrons. The average Bonchev–Trinajstić information content (AvgIpc) is 3.48. The molecule has 9 heteroatoms. The van der Waals surface area contributed by atoms with Gasteiger partial charge in [0.15, 0.2) is 5.16 Å². The number of aromatic carboxylic acids is 1. The highest BCUT2D eigenvalue weighted by atomic mass is 32.2. The third-order valence-corrected chi connectivity index (χ3v) is 9.92. The zero-order valence-corrected chi connectivity index (χ0v) is 24.8. The molecule has 0 spiro atoms. The fourth-order valence-electron chi connectivity index (χ4n) is 5.39. The SMILES string of the molecule is CC1CCC(C(=O)N(c2cc(C#CC(C)(C)C)sc2C(=O)O)C2CCC(CSc3nncn3C)CC2)CC1. The van der Waals surface area contributed by atoms with Crippen LogP contribution in [0.15, 0.2) is 17.6 Å². The summed E-state index contributed by atoms with van der Waals surface area (Å²) in [4.78, 5) is 29.2. The summed E-state index contributed by atoms with van der Waals surface area (Å²) in [5.41, 5.74) is 0.352. The van der Waals surface area contributed by atoms with Crippen molar-refractivity contribution >= 4 is 40.7 Å². The van der Waals surface area contributed by atoms with E-state index >= 15 is 0 Å². The number of anilines is 1. The monoisotopic (exact) mass is 556 g/mol. The fraction of sp³-hybridized carbons (Fsp3) is 0.655. The van der Waals surface area contributed by atoms with Crippen molar-refractivity contribution in [3.8, 4) is 11.8 Å². The van der Waals surface area contributed by atoms with Crippen molar-refractivity contribution in [1.82, 2.24) is 14.8 Å². The van der Waals surface area contributed by atoms with E-state index < -0.39 is 5.97 Å². The smallest absolute Gasteiger partial charge is 0.348 e. The van der Waals surface area contributed by atoms with Gasteiger partial charge in [0.25, 0.3) is 0 Å². The van der Waals surface area contributed by atoms with Crippen molar-refractivity contribution in [2.45, 2.75) is 90.3 Å². The van der Waals surface area contributed by atoms with Crippen LogP contribution in [0.3, 0.4) is 0 Å². The number of rotatable bonds is 7. The van der Waals surface area contributed by atoms with Crippen LogP contribution in [-0.4, -0.2) is 43.5 Å². The number of carbonyl (C=O) groups is 2. The van der Waals surface area contributed by atoms with Gasteiger partial charge in [-0.3, -0.25) is 4.79 Å². The van der Waals surface area contributed by atoms with Crippen molar-refractivity contribution in [2.75, 3.05) is 10.7 Å². The molecule has 2 aromatic heterocycles. The van der Waals surface area contributed by atoms with E-state index in [-0.39, 0.29) is 28.2 Å². The minimum absolute atomic E-state index is 0.00838. The summed E-state index contributed by atoms with van der Waals surface area (Å²) in [5.74, 6) is 7.62. The topological polar surface area (TPSA) is 88.3 Å². The third-order valence-electron chi connectivity index (χ3n) is 7.63. The normalized spacial score (nSPS) is 23.9. The molecule has 1 N–H and O–H groups in total. The zero-order valence-electron chi connectivity index (χ0n) is 23.2. The number of carbonyl (C=O) groups excluding carboxylic acids is 1. The number of hydrogen-bond donors (Lipinski definition) is 1. The molecule has 0 aromatic carbocycles. The second-order valence-corrected chi connectivity index (χ2v) is 14.0. The molecule has 0 aliphatic heterocycles. The van der Waals surface area contributed by atoms with Crippen molar-refractivity contribution in [3.63, 3.8) is 0 Å². The molecule has 0 atom stereocenters. The van der Waals surface area contributed by atoms with E-state index in [0.29, 0.717) is 22.4 Å². The number of thiophene rings is 1. The Morgan fingerprint density at radius 3 is 2.42 bits per heavy atom. The van der Waals surface area contributed by atoms with Gasteiger partial charge in [-0.25, -0.2) is 4.79 Å². The van der Waals surface area contributed by atoms with Crippen LogP contribution in [0, 0.1) is 35.0 Å². The molecule has 4 rings (SSSR count). The van der Waals surface area contributed by atoms with Crippen molar-refractivity contribution in [1.29, 1.82) is 0 Å². The second kappa shape index (κ2) is 12.3. The van der Waals surface area contributed by atoms with Gasteiger partial charge < -0.3 is 14.6 Å². The number of hydrogen-bond acceptors (Lipinski definition) is 6. The van der Waals surface area contributed by atoms with Gasteiger partial charge in [0, 0.05) is 30.2 Å². The molecule has 2 aliphatic carbocycles. The van der Waals surface area contributed by atoms with Crippen molar-refractivity contribution in [2.24, 2.45) is 30.2 Å². The number of aromatic nitrogens is 3. The maximum absolute atomic E-state index is 14.1. The van der Waals surface area contributed by atoms with Crippen LogP contribution < -0.4 is 4.90 Å². The Labute approximate surface area is 234 Å². The molecule has 2 fully saturated rings. The van der Waals surface area contributed by atoms with Gasteiger partial charge in [0.1, 0.15) is 11.2 Å². The van der Waals surface area contributed by atoms with E-state index in [0.717, 1.165) is 62.3 Å². The minimum atomic E-state index is -0.988. The molecule has 1 amide bonds. The average molecular weight is 557 g/mol. The minimum Gasteiger partial charge on any atom is -0.477 e. The van der Waals surface area contributed by atoms with Crippen LogP contribution in [0.1, 0.15) is 93.6 Å². The molecule has 0 unspecified atom stereocenters. The Morgan fingerprint density at radius 2 is 1.84 bits per heavy atom. The molecule has 2 aliphatic rings. The fourth-order valence-corrected chi connectivity index (χ4v) is 7.30. The highest BCUT2D eigenvalue weighted by Crippen LogP contribution is 2.40. The summed E-state index contributed by atoms with van der Waals surface area (Å²) < 4.78 is 1.94. The maximum atomic E-state index is 14.1. The van der Waals surface area contributed by atoms with Gasteiger partial charge in [-0.05, 0) is 90.0 Å². The lowest BCUT2D eigenvalue weighted by molar-refractivity contribution is -0.124. The van der Waals surface area contributed by atoms with E-state index in [9.17, 15) is 14.7 Å². The van der Waals surface area contributed by atoms with Gasteiger partial charge in [0.2, 0.25) is 5.91 Å². The first-order chi connectivity index (χ1) is 18.0. The van der Waals surface area contributed by atoms with Crippen molar-refractivity contribution in [3.05, 3.63) is 22.1 Å². The summed E-state index contributed by atoms with van der Waals surface area (Å²) in [5, 5.41) is 19.2. The lowest BCUT2D eigenvalue weighted by Gasteiger charge is -2.39. The van der Waals surface area contributed by atoms with Crippen LogP contribution in [0.2, 0.25) is 0 Å². The molecular formula is C29H40N4O3S2. The molecule has 2 heterocycles. The first kappa shape index (κ1) is 28.7. The number of nitrogens with zero attached hydrogens (tertiary/aromatic N) is 4. The van der Waals surface area contributed by atoms with E-state index in [2.05, 4.69) is 29.0 Å². The van der Waals surface area contributed by atoms with Gasteiger partial charge in [-0.1, -0.05) is 30.5 Å². The molecule has 2 aromatic rings. The van der Waals surface area contributed by atoms with Crippen LogP contribution in [0.25, 0.3) is 0 Å². The van der Waals surface area contributed by atoms with Crippen LogP contribution >= 0.6 is 23.1 Å². The van der Waals surface area contributed by atoms with Gasteiger partial charge in [-0.15, -0.1) is 21.5 Å². The van der Waals surface area contributed by atoms with Crippen LogP contribution in [0.4, 0.5) is 5.69 Å². The molecule has 0 radical (unpaired) electrons. The highest BCUT2D eigenvalue weighted by Gasteiger charge is 2.37. The van der Waals surface area contributed by atoms with Gasteiger partial charge >= 0.3 is 5.97 Å². The number of amides is 1. The Hall–Kier alpha value is -2.31. The predicted octanol–water partition coefficient (Wildman–Crippen LogP) is 6.48. The number of aryl methyl sites for hydroxylation is 1. The second-order valence-electron chi connectivity index (χ2n) is 12.0. The Bertz CT molecular complexity index is 1190. The van der Waals surface area contributed by atoms with Crippen molar-refractivity contribution < 1.29 is 14.7 Å². The van der Waals surface area contributed by atoms with E-state index in [1.54, 1.807) is 18.1 Å². The zero-order chi connectivity index (χ0) is 27.4. The Balaban J connectivity index is 1.57.